The first kappa shape index (κ1) is 15.3. The van der Waals surface area contributed by atoms with Gasteiger partial charge in [-0.15, -0.1) is 10.2 Å². The van der Waals surface area contributed by atoms with Gasteiger partial charge in [0, 0.05) is 11.8 Å². The van der Waals surface area contributed by atoms with E-state index in [4.69, 9.17) is 0 Å². The highest BCUT2D eigenvalue weighted by atomic mass is 16.1. The molecule has 130 valence electrons. The van der Waals surface area contributed by atoms with E-state index >= 15 is 0 Å². The first-order valence-electron chi connectivity index (χ1n) is 8.36. The molecular formula is C19H13N7O. The molecule has 0 bridgehead atoms. The van der Waals surface area contributed by atoms with Crippen molar-refractivity contribution in [3.8, 4) is 11.1 Å². The van der Waals surface area contributed by atoms with E-state index in [0.29, 0.717) is 17.8 Å². The molecule has 0 saturated heterocycles. The molecule has 1 aromatic carbocycles. The molecule has 0 saturated carbocycles. The van der Waals surface area contributed by atoms with Gasteiger partial charge in [-0.3, -0.25) is 14.3 Å². The van der Waals surface area contributed by atoms with Crippen LogP contribution in [-0.4, -0.2) is 34.3 Å². The molecule has 4 aromatic heterocycles. The maximum atomic E-state index is 12.8. The number of hydrogen-bond donors (Lipinski definition) is 0. The molecule has 0 radical (unpaired) electrons. The Labute approximate surface area is 152 Å². The van der Waals surface area contributed by atoms with Crippen molar-refractivity contribution in [2.24, 2.45) is 0 Å². The number of benzene rings is 1. The Kier molecular flexibility index (Phi) is 3.46. The molecule has 0 aliphatic heterocycles. The molecule has 0 aliphatic carbocycles. The number of nitrogens with zero attached hydrogens (tertiary/aromatic N) is 7. The van der Waals surface area contributed by atoms with Crippen LogP contribution in [0.5, 0.6) is 0 Å². The van der Waals surface area contributed by atoms with Crippen LogP contribution in [0.2, 0.25) is 0 Å². The summed E-state index contributed by atoms with van der Waals surface area (Å²) in [6, 6.07) is 15.3. The predicted molar refractivity (Wildman–Crippen MR) is 99.1 cm³/mol. The molecule has 0 atom stereocenters. The largest absolute Gasteiger partial charge is 0.291 e. The fourth-order valence-electron chi connectivity index (χ4n) is 3.00. The van der Waals surface area contributed by atoms with E-state index in [2.05, 4.69) is 25.3 Å². The van der Waals surface area contributed by atoms with Gasteiger partial charge in [0.15, 0.2) is 16.8 Å². The number of hydrogen-bond acceptors (Lipinski definition) is 6. The van der Waals surface area contributed by atoms with Gasteiger partial charge in [-0.1, -0.05) is 36.4 Å². The summed E-state index contributed by atoms with van der Waals surface area (Å²) in [6.45, 7) is 0.316. The van der Waals surface area contributed by atoms with E-state index < -0.39 is 0 Å². The van der Waals surface area contributed by atoms with Crippen LogP contribution in [0.1, 0.15) is 5.69 Å². The van der Waals surface area contributed by atoms with Crippen LogP contribution >= 0.6 is 0 Å². The zero-order valence-corrected chi connectivity index (χ0v) is 14.1. The van der Waals surface area contributed by atoms with Crippen molar-refractivity contribution < 1.29 is 0 Å². The SMILES string of the molecule is O=c1c2nnc3c(-c4ccccc4)cnn3c2ncn1Cc1ccccn1. The third-order valence-corrected chi connectivity index (χ3v) is 4.33. The van der Waals surface area contributed by atoms with Crippen LogP contribution in [0.25, 0.3) is 27.9 Å². The highest BCUT2D eigenvalue weighted by Crippen LogP contribution is 2.23. The van der Waals surface area contributed by atoms with E-state index in [1.807, 2.05) is 48.5 Å². The molecule has 4 heterocycles. The molecule has 5 rings (SSSR count). The Morgan fingerprint density at radius 2 is 1.74 bits per heavy atom. The van der Waals surface area contributed by atoms with Crippen LogP contribution in [0.15, 0.2) is 72.0 Å². The minimum atomic E-state index is -0.281. The second kappa shape index (κ2) is 6.10. The van der Waals surface area contributed by atoms with Gasteiger partial charge in [0.05, 0.1) is 18.4 Å². The van der Waals surface area contributed by atoms with Gasteiger partial charge in [-0.05, 0) is 17.7 Å². The average Bonchev–Trinajstić information content (AvgIpc) is 3.16. The summed E-state index contributed by atoms with van der Waals surface area (Å²) in [6.07, 6.45) is 4.89. The van der Waals surface area contributed by atoms with Gasteiger partial charge in [-0.25, -0.2) is 4.98 Å². The molecule has 27 heavy (non-hydrogen) atoms. The van der Waals surface area contributed by atoms with Crippen molar-refractivity contribution in [2.45, 2.75) is 6.54 Å². The van der Waals surface area contributed by atoms with Gasteiger partial charge < -0.3 is 0 Å². The molecule has 0 N–H and O–H groups in total. The first-order valence-corrected chi connectivity index (χ1v) is 8.36. The predicted octanol–water partition coefficient (Wildman–Crippen LogP) is 1.94. The highest BCUT2D eigenvalue weighted by molar-refractivity contribution is 5.80. The monoisotopic (exact) mass is 355 g/mol. The first-order chi connectivity index (χ1) is 13.3. The van der Waals surface area contributed by atoms with E-state index in [1.54, 1.807) is 16.9 Å². The number of fused-ring (bicyclic) bond motifs is 3. The Morgan fingerprint density at radius 3 is 2.56 bits per heavy atom. The van der Waals surface area contributed by atoms with Crippen LogP contribution < -0.4 is 5.56 Å². The van der Waals surface area contributed by atoms with Crippen LogP contribution in [-0.2, 0) is 6.54 Å². The summed E-state index contributed by atoms with van der Waals surface area (Å²) in [7, 11) is 0. The van der Waals surface area contributed by atoms with Crippen molar-refractivity contribution in [1.29, 1.82) is 0 Å². The van der Waals surface area contributed by atoms with Crippen molar-refractivity contribution >= 4 is 16.8 Å². The minimum absolute atomic E-state index is 0.170. The van der Waals surface area contributed by atoms with Crippen molar-refractivity contribution in [1.82, 2.24) is 34.3 Å². The van der Waals surface area contributed by atoms with Gasteiger partial charge in [-0.2, -0.15) is 9.61 Å². The van der Waals surface area contributed by atoms with Gasteiger partial charge in [0.1, 0.15) is 6.33 Å². The maximum Gasteiger partial charge on any atom is 0.283 e. The summed E-state index contributed by atoms with van der Waals surface area (Å²) in [5.41, 5.74) is 3.40. The molecule has 0 unspecified atom stereocenters. The van der Waals surface area contributed by atoms with Crippen molar-refractivity contribution in [2.75, 3.05) is 0 Å². The molecule has 0 fully saturated rings. The van der Waals surface area contributed by atoms with E-state index in [0.717, 1.165) is 16.8 Å². The maximum absolute atomic E-state index is 12.8. The third kappa shape index (κ3) is 2.54. The van der Waals surface area contributed by atoms with E-state index in [9.17, 15) is 4.79 Å². The van der Waals surface area contributed by atoms with Gasteiger partial charge in [0.2, 0.25) is 0 Å². The Morgan fingerprint density at radius 1 is 0.889 bits per heavy atom. The molecular weight excluding hydrogens is 342 g/mol. The fraction of sp³-hybridized carbons (Fsp3) is 0.0526. The molecule has 5 aromatic rings. The van der Waals surface area contributed by atoms with Gasteiger partial charge in [0.25, 0.3) is 5.56 Å². The lowest BCUT2D eigenvalue weighted by atomic mass is 10.1. The average molecular weight is 355 g/mol. The van der Waals surface area contributed by atoms with Crippen molar-refractivity contribution in [3.05, 3.63) is 83.3 Å². The molecule has 8 heteroatoms. The quantitative estimate of drug-likeness (QED) is 0.491. The molecule has 8 nitrogen and oxygen atoms in total. The Bertz CT molecular complexity index is 1310. The van der Waals surface area contributed by atoms with E-state index in [-0.39, 0.29) is 11.1 Å². The standard InChI is InChI=1S/C19H13N7O/c27-19-16-18(21-12-25(19)11-14-8-4-5-9-20-14)26-17(24-23-16)15(10-22-26)13-6-2-1-3-7-13/h1-10,12H,11H2. The Hall–Kier alpha value is -3.94. The Balaban J connectivity index is 1.66. The number of pyridine rings is 1. The topological polar surface area (TPSA) is 90.9 Å². The minimum Gasteiger partial charge on any atom is -0.291 e. The molecule has 0 aliphatic rings. The van der Waals surface area contributed by atoms with Crippen molar-refractivity contribution in [3.63, 3.8) is 0 Å². The van der Waals surface area contributed by atoms with Crippen LogP contribution in [0, 0.1) is 0 Å². The zero-order valence-electron chi connectivity index (χ0n) is 14.1. The second-order valence-corrected chi connectivity index (χ2v) is 6.03. The summed E-state index contributed by atoms with van der Waals surface area (Å²) >= 11 is 0. The lowest BCUT2D eigenvalue weighted by Crippen LogP contribution is -2.23. The summed E-state index contributed by atoms with van der Waals surface area (Å²) in [5, 5.41) is 12.7. The molecule has 0 spiro atoms. The van der Waals surface area contributed by atoms with E-state index in [1.165, 1.54) is 10.9 Å². The number of aromatic nitrogens is 7. The summed E-state index contributed by atoms with van der Waals surface area (Å²) in [4.78, 5) is 21.5. The lowest BCUT2D eigenvalue weighted by molar-refractivity contribution is 0.720. The zero-order chi connectivity index (χ0) is 18.2. The van der Waals surface area contributed by atoms with Crippen LogP contribution in [0.3, 0.4) is 0 Å². The number of rotatable bonds is 3. The molecule has 0 amide bonds. The highest BCUT2D eigenvalue weighted by Gasteiger charge is 2.15. The van der Waals surface area contributed by atoms with Gasteiger partial charge >= 0.3 is 0 Å². The van der Waals surface area contributed by atoms with Crippen LogP contribution in [0.4, 0.5) is 0 Å². The fourth-order valence-corrected chi connectivity index (χ4v) is 3.00. The third-order valence-electron chi connectivity index (χ3n) is 4.33. The smallest absolute Gasteiger partial charge is 0.283 e. The second-order valence-electron chi connectivity index (χ2n) is 6.03. The lowest BCUT2D eigenvalue weighted by Gasteiger charge is -2.06. The summed E-state index contributed by atoms with van der Waals surface area (Å²) < 4.78 is 3.02. The normalized spacial score (nSPS) is 11.3. The summed E-state index contributed by atoms with van der Waals surface area (Å²) in [5.74, 6) is 0.